The molecule has 0 unspecified atom stereocenters. The van der Waals surface area contributed by atoms with E-state index in [1.165, 1.54) is 16.0 Å². The van der Waals surface area contributed by atoms with Gasteiger partial charge < -0.3 is 5.11 Å². The normalized spacial score (nSPS) is 23.6. The molecule has 1 aromatic rings. The van der Waals surface area contributed by atoms with Gasteiger partial charge >= 0.3 is 0 Å². The van der Waals surface area contributed by atoms with Gasteiger partial charge in [-0.1, -0.05) is 53.7 Å². The van der Waals surface area contributed by atoms with Crippen molar-refractivity contribution in [2.24, 2.45) is 0 Å². The third kappa shape index (κ3) is 4.04. The number of rotatable bonds is 2. The van der Waals surface area contributed by atoms with E-state index in [-0.39, 0.29) is 16.9 Å². The van der Waals surface area contributed by atoms with Crippen molar-refractivity contribution in [2.45, 2.75) is 87.9 Å². The Morgan fingerprint density at radius 3 is 2.14 bits per heavy atom. The molecular weight excluding hydrogens is 276 g/mol. The fourth-order valence-corrected chi connectivity index (χ4v) is 4.43. The van der Waals surface area contributed by atoms with Gasteiger partial charge in [0.1, 0.15) is 0 Å². The summed E-state index contributed by atoms with van der Waals surface area (Å²) < 4.78 is 0. The second-order valence-corrected chi connectivity index (χ2v) is 9.65. The average Bonchev–Trinajstić information content (AvgIpc) is 2.73. The molecule has 0 heterocycles. The summed E-state index contributed by atoms with van der Waals surface area (Å²) in [6.07, 6.45) is 3.12. The quantitative estimate of drug-likeness (QED) is 0.801. The second-order valence-electron chi connectivity index (χ2n) is 8.37. The second kappa shape index (κ2) is 5.96. The minimum absolute atomic E-state index is 0.132. The van der Waals surface area contributed by atoms with Gasteiger partial charge in [0, 0.05) is 10.1 Å². The molecular formula is C19H30OS. The first-order valence-corrected chi connectivity index (χ1v) is 8.97. The molecule has 1 saturated carbocycles. The van der Waals surface area contributed by atoms with Gasteiger partial charge in [0.2, 0.25) is 0 Å². The molecule has 1 nitrogen and oxygen atoms in total. The summed E-state index contributed by atoms with van der Waals surface area (Å²) in [4.78, 5) is 1.35. The van der Waals surface area contributed by atoms with Crippen LogP contribution in [0.4, 0.5) is 0 Å². The lowest BCUT2D eigenvalue weighted by Gasteiger charge is -2.28. The highest BCUT2D eigenvalue weighted by Crippen LogP contribution is 2.41. The van der Waals surface area contributed by atoms with Crippen LogP contribution in [0.1, 0.15) is 71.9 Å². The Labute approximate surface area is 134 Å². The summed E-state index contributed by atoms with van der Waals surface area (Å²) in [6.45, 7) is 13.6. The van der Waals surface area contributed by atoms with E-state index in [1.54, 1.807) is 0 Å². The maximum absolute atomic E-state index is 10.1. The van der Waals surface area contributed by atoms with E-state index in [4.69, 9.17) is 0 Å². The van der Waals surface area contributed by atoms with Crippen LogP contribution in [0.25, 0.3) is 0 Å². The number of hydrogen-bond acceptors (Lipinski definition) is 2. The van der Waals surface area contributed by atoms with Gasteiger partial charge in [-0.2, -0.15) is 0 Å². The van der Waals surface area contributed by atoms with Crippen LogP contribution < -0.4 is 0 Å². The molecule has 1 aliphatic carbocycles. The van der Waals surface area contributed by atoms with Crippen molar-refractivity contribution in [3.63, 3.8) is 0 Å². The van der Waals surface area contributed by atoms with Crippen molar-refractivity contribution in [1.29, 1.82) is 0 Å². The molecule has 2 heteroatoms. The fourth-order valence-electron chi connectivity index (χ4n) is 2.89. The zero-order valence-electron chi connectivity index (χ0n) is 14.4. The highest BCUT2D eigenvalue weighted by atomic mass is 32.2. The van der Waals surface area contributed by atoms with Crippen LogP contribution in [0.5, 0.6) is 0 Å². The zero-order valence-corrected chi connectivity index (χ0v) is 15.2. The zero-order chi connectivity index (χ0) is 15.8. The molecule has 1 aromatic carbocycles. The minimum Gasteiger partial charge on any atom is -0.392 e. The van der Waals surface area contributed by atoms with Gasteiger partial charge in [0.25, 0.3) is 0 Å². The van der Waals surface area contributed by atoms with Crippen LogP contribution >= 0.6 is 11.8 Å². The largest absolute Gasteiger partial charge is 0.392 e. The summed E-state index contributed by atoms with van der Waals surface area (Å²) in [5.74, 6) is 0. The number of hydrogen-bond donors (Lipinski definition) is 1. The third-order valence-corrected chi connectivity index (χ3v) is 5.81. The Kier molecular flexibility index (Phi) is 4.80. The molecule has 0 aromatic heterocycles. The minimum atomic E-state index is -0.134. The first-order valence-electron chi connectivity index (χ1n) is 8.09. The van der Waals surface area contributed by atoms with Gasteiger partial charge in [-0.05, 0) is 47.3 Å². The fraction of sp³-hybridized carbons (Fsp3) is 0.684. The molecule has 0 saturated heterocycles. The predicted molar refractivity (Wildman–Crippen MR) is 93.3 cm³/mol. The molecule has 1 aliphatic rings. The maximum Gasteiger partial charge on any atom is 0.0662 e. The van der Waals surface area contributed by atoms with Crippen molar-refractivity contribution < 1.29 is 5.11 Å². The monoisotopic (exact) mass is 306 g/mol. The van der Waals surface area contributed by atoms with Crippen molar-refractivity contribution in [3.05, 3.63) is 29.3 Å². The molecule has 0 spiro atoms. The maximum atomic E-state index is 10.1. The van der Waals surface area contributed by atoms with E-state index < -0.39 is 0 Å². The summed E-state index contributed by atoms with van der Waals surface area (Å²) in [5, 5.41) is 10.5. The van der Waals surface area contributed by atoms with Crippen LogP contribution in [-0.4, -0.2) is 16.5 Å². The Balaban J connectivity index is 2.36. The number of thioether (sulfide) groups is 1. The standard InChI is InChI=1S/C19H30OS/c1-18(2,3)13-10-11-16(14(12-13)19(4,5)6)21-17-9-7-8-15(17)20/h10-12,15,17,20H,7-9H2,1-6H3/t15-,17+/m1/s1. The Hall–Kier alpha value is -0.470. The lowest BCUT2D eigenvalue weighted by atomic mass is 9.81. The van der Waals surface area contributed by atoms with Crippen LogP contribution in [-0.2, 0) is 10.8 Å². The van der Waals surface area contributed by atoms with E-state index in [1.807, 2.05) is 11.8 Å². The number of aliphatic hydroxyl groups excluding tert-OH is 1. The van der Waals surface area contributed by atoms with E-state index in [2.05, 4.69) is 59.7 Å². The first-order chi connectivity index (χ1) is 9.59. The summed E-state index contributed by atoms with van der Waals surface area (Å²) in [5.41, 5.74) is 3.12. The molecule has 2 atom stereocenters. The lowest BCUT2D eigenvalue weighted by Crippen LogP contribution is -2.19. The van der Waals surface area contributed by atoms with Crippen LogP contribution in [0.3, 0.4) is 0 Å². The van der Waals surface area contributed by atoms with Gasteiger partial charge in [-0.25, -0.2) is 0 Å². The lowest BCUT2D eigenvalue weighted by molar-refractivity contribution is 0.188. The van der Waals surface area contributed by atoms with Gasteiger partial charge in [0.15, 0.2) is 0 Å². The van der Waals surface area contributed by atoms with Crippen LogP contribution in [0, 0.1) is 0 Å². The van der Waals surface area contributed by atoms with Gasteiger partial charge in [-0.15, -0.1) is 11.8 Å². The molecule has 0 aliphatic heterocycles. The molecule has 118 valence electrons. The summed E-state index contributed by atoms with van der Waals surface area (Å²) in [6, 6.07) is 6.92. The van der Waals surface area contributed by atoms with Crippen molar-refractivity contribution >= 4 is 11.8 Å². The van der Waals surface area contributed by atoms with E-state index in [0.717, 1.165) is 19.3 Å². The summed E-state index contributed by atoms with van der Waals surface area (Å²) in [7, 11) is 0. The third-order valence-electron chi connectivity index (χ3n) is 4.35. The van der Waals surface area contributed by atoms with Gasteiger partial charge in [0.05, 0.1) is 6.10 Å². The highest BCUT2D eigenvalue weighted by molar-refractivity contribution is 8.00. The van der Waals surface area contributed by atoms with Crippen LogP contribution in [0.15, 0.2) is 23.1 Å². The average molecular weight is 307 g/mol. The van der Waals surface area contributed by atoms with Crippen molar-refractivity contribution in [1.82, 2.24) is 0 Å². The molecule has 0 bridgehead atoms. The number of aliphatic hydroxyl groups is 1. The van der Waals surface area contributed by atoms with Crippen molar-refractivity contribution in [2.75, 3.05) is 0 Å². The summed E-state index contributed by atoms with van der Waals surface area (Å²) >= 11 is 1.88. The Morgan fingerprint density at radius 2 is 1.67 bits per heavy atom. The molecule has 0 amide bonds. The molecule has 1 N–H and O–H groups in total. The first kappa shape index (κ1) is 16.9. The number of benzene rings is 1. The van der Waals surface area contributed by atoms with E-state index in [0.29, 0.717) is 5.25 Å². The Morgan fingerprint density at radius 1 is 1.00 bits per heavy atom. The van der Waals surface area contributed by atoms with Crippen molar-refractivity contribution in [3.8, 4) is 0 Å². The molecule has 21 heavy (non-hydrogen) atoms. The molecule has 1 fully saturated rings. The SMILES string of the molecule is CC(C)(C)c1ccc(S[C@H]2CCC[C@H]2O)c(C(C)(C)C)c1. The molecule has 0 radical (unpaired) electrons. The smallest absolute Gasteiger partial charge is 0.0662 e. The van der Waals surface area contributed by atoms with Gasteiger partial charge in [-0.3, -0.25) is 0 Å². The highest BCUT2D eigenvalue weighted by Gasteiger charge is 2.29. The van der Waals surface area contributed by atoms with Crippen LogP contribution in [0.2, 0.25) is 0 Å². The topological polar surface area (TPSA) is 20.2 Å². The predicted octanol–water partition coefficient (Wildman–Crippen LogP) is 5.29. The Bertz CT molecular complexity index is 493. The van der Waals surface area contributed by atoms with E-state index >= 15 is 0 Å². The van der Waals surface area contributed by atoms with E-state index in [9.17, 15) is 5.11 Å². The molecule has 2 rings (SSSR count).